The molecule has 3 N–H and O–H groups in total. The van der Waals surface area contributed by atoms with Gasteiger partial charge in [0, 0.05) is 49.9 Å². The summed E-state index contributed by atoms with van der Waals surface area (Å²) in [7, 11) is 2.13. The fraction of sp³-hybridized carbons (Fsp3) is 0.320. The van der Waals surface area contributed by atoms with Crippen LogP contribution in [0, 0.1) is 0 Å². The zero-order valence-corrected chi connectivity index (χ0v) is 19.1. The second-order valence-electron chi connectivity index (χ2n) is 8.29. The Morgan fingerprint density at radius 2 is 1.82 bits per heavy atom. The van der Waals surface area contributed by atoms with Gasteiger partial charge in [-0.3, -0.25) is 14.6 Å². The number of amides is 1. The normalized spacial score (nSPS) is 14.2. The molecule has 33 heavy (non-hydrogen) atoms. The Bertz CT molecular complexity index is 1150. The first-order chi connectivity index (χ1) is 16.0. The Hall–Kier alpha value is -3.65. The second kappa shape index (κ2) is 10.3. The lowest BCUT2D eigenvalue weighted by Crippen LogP contribution is -2.44. The summed E-state index contributed by atoms with van der Waals surface area (Å²) in [6.45, 7) is 6.12. The lowest BCUT2D eigenvalue weighted by atomic mass is 10.1. The van der Waals surface area contributed by atoms with Crippen molar-refractivity contribution in [3.8, 4) is 0 Å². The number of nitrogens with one attached hydrogen (secondary N) is 3. The van der Waals surface area contributed by atoms with Gasteiger partial charge >= 0.3 is 0 Å². The van der Waals surface area contributed by atoms with Crippen LogP contribution < -0.4 is 21.1 Å². The molecule has 3 heterocycles. The Balaban J connectivity index is 1.51. The van der Waals surface area contributed by atoms with Gasteiger partial charge in [0.05, 0.1) is 17.6 Å². The van der Waals surface area contributed by atoms with E-state index in [2.05, 4.69) is 44.4 Å². The third kappa shape index (κ3) is 5.40. The minimum atomic E-state index is -0.465. The molecule has 8 heteroatoms. The van der Waals surface area contributed by atoms with Crippen molar-refractivity contribution >= 4 is 28.7 Å². The lowest BCUT2D eigenvalue weighted by molar-refractivity contribution is 0.102. The van der Waals surface area contributed by atoms with E-state index in [1.165, 1.54) is 6.20 Å². The number of likely N-dealkylation sites (N-methyl/N-ethyl adjacent to an activating group) is 1. The van der Waals surface area contributed by atoms with Crippen LogP contribution in [-0.4, -0.2) is 54.0 Å². The molecule has 0 aliphatic carbocycles. The number of aromatic amines is 1. The van der Waals surface area contributed by atoms with Gasteiger partial charge in [-0.15, -0.1) is 0 Å². The van der Waals surface area contributed by atoms with Crippen molar-refractivity contribution in [1.82, 2.24) is 14.9 Å². The smallest absolute Gasteiger partial charge is 0.263 e. The monoisotopic (exact) mass is 446 g/mol. The summed E-state index contributed by atoms with van der Waals surface area (Å²) in [6, 6.07) is 11.4. The number of pyridine rings is 2. The second-order valence-corrected chi connectivity index (χ2v) is 8.29. The summed E-state index contributed by atoms with van der Waals surface area (Å²) < 4.78 is 0. The maximum Gasteiger partial charge on any atom is 0.263 e. The van der Waals surface area contributed by atoms with E-state index < -0.39 is 11.5 Å². The van der Waals surface area contributed by atoms with Gasteiger partial charge in [0.1, 0.15) is 5.56 Å². The van der Waals surface area contributed by atoms with Gasteiger partial charge in [-0.25, -0.2) is 0 Å². The van der Waals surface area contributed by atoms with Crippen molar-refractivity contribution in [2.24, 2.45) is 0 Å². The van der Waals surface area contributed by atoms with Crippen LogP contribution in [0.2, 0.25) is 0 Å². The maximum absolute atomic E-state index is 13.1. The zero-order chi connectivity index (χ0) is 23.2. The van der Waals surface area contributed by atoms with Crippen LogP contribution in [0.1, 0.15) is 29.3 Å². The van der Waals surface area contributed by atoms with Crippen LogP contribution in [0.3, 0.4) is 0 Å². The molecule has 1 amide bonds. The summed E-state index contributed by atoms with van der Waals surface area (Å²) in [5.41, 5.74) is 3.66. The fourth-order valence-electron chi connectivity index (χ4n) is 3.99. The summed E-state index contributed by atoms with van der Waals surface area (Å²) in [6.07, 6.45) is 6.83. The standard InChI is InChI=1S/C25H30N6O2/c1-3-4-18-9-11-26-17-22(18)29-21-10-12-27-24(32)23(21)25(33)28-19-5-7-20(8-6-19)31-15-13-30(2)14-16-31/h5-12,17H,3-4,13-16H2,1-2H3,(H,28,33)(H2,27,29,32). The molecule has 8 nitrogen and oxygen atoms in total. The summed E-state index contributed by atoms with van der Waals surface area (Å²) in [5, 5.41) is 6.10. The summed E-state index contributed by atoms with van der Waals surface area (Å²) in [4.78, 5) is 37.1. The third-order valence-corrected chi connectivity index (χ3v) is 5.88. The number of carbonyl (C=O) groups excluding carboxylic acids is 1. The number of nitrogens with zero attached hydrogens (tertiary/aromatic N) is 3. The van der Waals surface area contributed by atoms with E-state index in [0.717, 1.165) is 56.0 Å². The van der Waals surface area contributed by atoms with Gasteiger partial charge in [0.25, 0.3) is 11.5 Å². The number of rotatable bonds is 7. The minimum absolute atomic E-state index is 0.0342. The molecule has 0 atom stereocenters. The molecule has 1 aliphatic heterocycles. The minimum Gasteiger partial charge on any atom is -0.369 e. The number of hydrogen-bond acceptors (Lipinski definition) is 6. The first-order valence-corrected chi connectivity index (χ1v) is 11.3. The van der Waals surface area contributed by atoms with Gasteiger partial charge in [0.15, 0.2) is 0 Å². The van der Waals surface area contributed by atoms with E-state index in [0.29, 0.717) is 11.4 Å². The molecule has 0 unspecified atom stereocenters. The van der Waals surface area contributed by atoms with E-state index in [1.807, 2.05) is 30.3 Å². The van der Waals surface area contributed by atoms with E-state index >= 15 is 0 Å². The number of H-pyrrole nitrogens is 1. The van der Waals surface area contributed by atoms with E-state index in [1.54, 1.807) is 18.5 Å². The third-order valence-electron chi connectivity index (χ3n) is 5.88. The van der Waals surface area contributed by atoms with E-state index in [4.69, 9.17) is 0 Å². The molecule has 172 valence electrons. The highest BCUT2D eigenvalue weighted by Gasteiger charge is 2.18. The lowest BCUT2D eigenvalue weighted by Gasteiger charge is -2.34. The number of aromatic nitrogens is 2. The van der Waals surface area contributed by atoms with Crippen molar-refractivity contribution in [3.63, 3.8) is 0 Å². The molecular weight excluding hydrogens is 416 g/mol. The molecule has 1 aliphatic rings. The topological polar surface area (TPSA) is 93.4 Å². The predicted molar refractivity (Wildman–Crippen MR) is 133 cm³/mol. The SMILES string of the molecule is CCCc1ccncc1Nc1cc[nH]c(=O)c1C(=O)Nc1ccc(N2CCN(C)CC2)cc1. The highest BCUT2D eigenvalue weighted by atomic mass is 16.2. The Kier molecular flexibility index (Phi) is 7.04. The quantitative estimate of drug-likeness (QED) is 0.515. The van der Waals surface area contributed by atoms with Crippen LogP contribution in [0.4, 0.5) is 22.7 Å². The van der Waals surface area contributed by atoms with E-state index in [9.17, 15) is 9.59 Å². The van der Waals surface area contributed by atoms with Gasteiger partial charge in [-0.1, -0.05) is 13.3 Å². The summed E-state index contributed by atoms with van der Waals surface area (Å²) >= 11 is 0. The Morgan fingerprint density at radius 3 is 2.55 bits per heavy atom. The van der Waals surface area contributed by atoms with Crippen LogP contribution in [0.25, 0.3) is 0 Å². The fourth-order valence-corrected chi connectivity index (χ4v) is 3.99. The Morgan fingerprint density at radius 1 is 1.06 bits per heavy atom. The van der Waals surface area contributed by atoms with Crippen molar-refractivity contribution in [2.45, 2.75) is 19.8 Å². The molecule has 0 saturated carbocycles. The summed E-state index contributed by atoms with van der Waals surface area (Å²) in [5.74, 6) is -0.465. The molecule has 1 fully saturated rings. The number of carbonyl (C=O) groups is 1. The largest absolute Gasteiger partial charge is 0.369 e. The van der Waals surface area contributed by atoms with Gasteiger partial charge in [-0.05, 0) is 55.4 Å². The van der Waals surface area contributed by atoms with Gasteiger partial charge in [0.2, 0.25) is 0 Å². The predicted octanol–water partition coefficient (Wildman–Crippen LogP) is 3.47. The number of hydrogen-bond donors (Lipinski definition) is 3. The average Bonchev–Trinajstić information content (AvgIpc) is 2.82. The number of benzene rings is 1. The number of piperazine rings is 1. The Labute approximate surface area is 193 Å². The molecule has 1 saturated heterocycles. The maximum atomic E-state index is 13.1. The molecule has 3 aromatic rings. The molecule has 2 aromatic heterocycles. The molecule has 4 rings (SSSR count). The molecule has 0 spiro atoms. The van der Waals surface area contributed by atoms with Crippen LogP contribution in [-0.2, 0) is 6.42 Å². The van der Waals surface area contributed by atoms with Crippen LogP contribution in [0.5, 0.6) is 0 Å². The van der Waals surface area contributed by atoms with Crippen molar-refractivity contribution in [1.29, 1.82) is 0 Å². The van der Waals surface area contributed by atoms with Crippen molar-refractivity contribution < 1.29 is 4.79 Å². The van der Waals surface area contributed by atoms with Gasteiger partial charge in [-0.2, -0.15) is 0 Å². The first-order valence-electron chi connectivity index (χ1n) is 11.3. The average molecular weight is 447 g/mol. The van der Waals surface area contributed by atoms with Crippen molar-refractivity contribution in [3.05, 3.63) is 76.5 Å². The van der Waals surface area contributed by atoms with Gasteiger partial charge < -0.3 is 25.4 Å². The number of anilines is 4. The van der Waals surface area contributed by atoms with Crippen LogP contribution in [0.15, 0.2) is 59.8 Å². The van der Waals surface area contributed by atoms with E-state index in [-0.39, 0.29) is 5.56 Å². The first kappa shape index (κ1) is 22.5. The molecule has 1 aromatic carbocycles. The van der Waals surface area contributed by atoms with Crippen molar-refractivity contribution in [2.75, 3.05) is 48.8 Å². The highest BCUT2D eigenvalue weighted by Crippen LogP contribution is 2.24. The zero-order valence-electron chi connectivity index (χ0n) is 19.1. The highest BCUT2D eigenvalue weighted by molar-refractivity contribution is 6.08. The molecule has 0 bridgehead atoms. The van der Waals surface area contributed by atoms with Crippen LogP contribution >= 0.6 is 0 Å². The number of aryl methyl sites for hydroxylation is 1. The molecule has 0 radical (unpaired) electrons. The molecular formula is C25H30N6O2.